The molecule has 1 amide bonds. The van der Waals surface area contributed by atoms with Crippen LogP contribution in [0.25, 0.3) is 10.8 Å². The Balaban J connectivity index is 1.51. The predicted octanol–water partition coefficient (Wildman–Crippen LogP) is 4.58. The van der Waals surface area contributed by atoms with Gasteiger partial charge in [0.15, 0.2) is 0 Å². The van der Waals surface area contributed by atoms with Crippen LogP contribution in [-0.4, -0.2) is 26.8 Å². The lowest BCUT2D eigenvalue weighted by atomic mass is 10.3. The maximum Gasteiger partial charge on any atom is 0.276 e. The maximum absolute atomic E-state index is 11.9. The van der Waals surface area contributed by atoms with Crippen molar-refractivity contribution in [1.82, 2.24) is 15.2 Å². The summed E-state index contributed by atoms with van der Waals surface area (Å²) in [7, 11) is 0. The summed E-state index contributed by atoms with van der Waals surface area (Å²) in [5.74, 6) is 0.909. The van der Waals surface area contributed by atoms with E-state index < -0.39 is 0 Å². The number of benzene rings is 1. The first-order chi connectivity index (χ1) is 12.0. The highest BCUT2D eigenvalue weighted by molar-refractivity contribution is 7.99. The Labute approximate surface area is 158 Å². The molecule has 9 heteroatoms. The normalized spacial score (nSPS) is 10.8. The highest BCUT2D eigenvalue weighted by Crippen LogP contribution is 2.30. The van der Waals surface area contributed by atoms with Gasteiger partial charge in [0, 0.05) is 22.9 Å². The number of nitrogens with one attached hydrogen (secondary N) is 1. The molecule has 130 valence electrons. The van der Waals surface area contributed by atoms with Crippen LogP contribution in [0.1, 0.15) is 17.1 Å². The van der Waals surface area contributed by atoms with Crippen LogP contribution >= 0.6 is 34.7 Å². The fourth-order valence-corrected chi connectivity index (χ4v) is 3.84. The molecule has 0 unspecified atom stereocenters. The standard InChI is InChI=1S/C16H15ClN4O2S2/c1-9-14(25-10(2)18-9)15-20-21-16(23-15)24-7-6-13(22)19-12-5-3-4-11(17)8-12/h3-5,8H,6-7H2,1-2H3,(H,19,22). The number of thioether (sulfide) groups is 1. The number of halogens is 1. The number of hydrogen-bond donors (Lipinski definition) is 1. The van der Waals surface area contributed by atoms with Crippen molar-refractivity contribution in [1.29, 1.82) is 0 Å². The number of hydrogen-bond acceptors (Lipinski definition) is 7. The van der Waals surface area contributed by atoms with E-state index in [2.05, 4.69) is 20.5 Å². The van der Waals surface area contributed by atoms with Crippen molar-refractivity contribution >= 4 is 46.3 Å². The monoisotopic (exact) mass is 394 g/mol. The Morgan fingerprint density at radius 1 is 1.36 bits per heavy atom. The number of rotatable bonds is 6. The van der Waals surface area contributed by atoms with Crippen LogP contribution in [0, 0.1) is 13.8 Å². The molecule has 0 fully saturated rings. The lowest BCUT2D eigenvalue weighted by Crippen LogP contribution is -2.12. The van der Waals surface area contributed by atoms with E-state index in [1.165, 1.54) is 23.1 Å². The average molecular weight is 395 g/mol. The van der Waals surface area contributed by atoms with Crippen LogP contribution in [0.4, 0.5) is 5.69 Å². The summed E-state index contributed by atoms with van der Waals surface area (Å²) in [5.41, 5.74) is 1.56. The number of aromatic nitrogens is 3. The summed E-state index contributed by atoms with van der Waals surface area (Å²) in [6.07, 6.45) is 0.327. The van der Waals surface area contributed by atoms with E-state index in [0.29, 0.717) is 34.0 Å². The second-order valence-corrected chi connectivity index (χ2v) is 7.86. The van der Waals surface area contributed by atoms with Gasteiger partial charge in [-0.25, -0.2) is 4.98 Å². The molecule has 0 saturated carbocycles. The molecular formula is C16H15ClN4O2S2. The Bertz CT molecular complexity index is 894. The molecule has 0 radical (unpaired) electrons. The second-order valence-electron chi connectivity index (χ2n) is 5.18. The van der Waals surface area contributed by atoms with Crippen LogP contribution in [-0.2, 0) is 4.79 Å². The van der Waals surface area contributed by atoms with Crippen LogP contribution < -0.4 is 5.32 Å². The quantitative estimate of drug-likeness (QED) is 0.616. The number of carbonyl (C=O) groups excluding carboxylic acids is 1. The first kappa shape index (κ1) is 17.9. The molecule has 0 saturated heterocycles. The van der Waals surface area contributed by atoms with Crippen LogP contribution in [0.3, 0.4) is 0 Å². The zero-order valence-electron chi connectivity index (χ0n) is 13.6. The maximum atomic E-state index is 11.9. The molecule has 6 nitrogen and oxygen atoms in total. The molecule has 1 aromatic carbocycles. The summed E-state index contributed by atoms with van der Waals surface area (Å²) < 4.78 is 5.64. The predicted molar refractivity (Wildman–Crippen MR) is 100 cm³/mol. The number of nitrogens with zero attached hydrogens (tertiary/aromatic N) is 3. The lowest BCUT2D eigenvalue weighted by Gasteiger charge is -2.04. The van der Waals surface area contributed by atoms with Gasteiger partial charge in [-0.1, -0.05) is 29.4 Å². The van der Waals surface area contributed by atoms with E-state index >= 15 is 0 Å². The van der Waals surface area contributed by atoms with E-state index in [1.54, 1.807) is 24.3 Å². The first-order valence-corrected chi connectivity index (χ1v) is 9.65. The van der Waals surface area contributed by atoms with Gasteiger partial charge in [-0.2, -0.15) is 0 Å². The molecule has 2 aromatic heterocycles. The number of aryl methyl sites for hydroxylation is 2. The molecule has 25 heavy (non-hydrogen) atoms. The third kappa shape index (κ3) is 4.81. The molecule has 0 aliphatic carbocycles. The van der Waals surface area contributed by atoms with E-state index in [4.69, 9.17) is 16.0 Å². The number of amides is 1. The van der Waals surface area contributed by atoms with E-state index in [0.717, 1.165) is 15.6 Å². The largest absolute Gasteiger partial charge is 0.410 e. The molecular weight excluding hydrogens is 380 g/mol. The smallest absolute Gasteiger partial charge is 0.276 e. The SMILES string of the molecule is Cc1nc(C)c(-c2nnc(SCCC(=O)Nc3cccc(Cl)c3)o2)s1. The van der Waals surface area contributed by atoms with Gasteiger partial charge in [0.25, 0.3) is 11.1 Å². The molecule has 3 rings (SSSR count). The highest BCUT2D eigenvalue weighted by Gasteiger charge is 2.15. The third-order valence-corrected chi connectivity index (χ3v) is 5.28. The third-order valence-electron chi connectivity index (χ3n) is 3.17. The summed E-state index contributed by atoms with van der Waals surface area (Å²) in [6.45, 7) is 3.85. The lowest BCUT2D eigenvalue weighted by molar-refractivity contribution is -0.115. The molecule has 0 bridgehead atoms. The number of thiazole rings is 1. The second kappa shape index (κ2) is 7.99. The average Bonchev–Trinajstić information content (AvgIpc) is 3.13. The van der Waals surface area contributed by atoms with Crippen LogP contribution in [0.15, 0.2) is 33.9 Å². The summed E-state index contributed by atoms with van der Waals surface area (Å²) in [5, 5.41) is 12.8. The molecule has 2 heterocycles. The fourth-order valence-electron chi connectivity index (χ4n) is 2.11. The molecule has 0 spiro atoms. The molecule has 0 aliphatic rings. The van der Waals surface area contributed by atoms with Gasteiger partial charge in [-0.05, 0) is 32.0 Å². The Morgan fingerprint density at radius 3 is 2.92 bits per heavy atom. The van der Waals surface area contributed by atoms with Crippen molar-refractivity contribution in [2.75, 3.05) is 11.1 Å². The van der Waals surface area contributed by atoms with E-state index in [9.17, 15) is 4.79 Å². The molecule has 0 atom stereocenters. The van der Waals surface area contributed by atoms with Gasteiger partial charge in [0.2, 0.25) is 5.91 Å². The van der Waals surface area contributed by atoms with Crippen molar-refractivity contribution in [3.8, 4) is 10.8 Å². The zero-order valence-corrected chi connectivity index (χ0v) is 16.0. The Hall–Kier alpha value is -1.90. The van der Waals surface area contributed by atoms with Crippen molar-refractivity contribution in [2.24, 2.45) is 0 Å². The van der Waals surface area contributed by atoms with Crippen molar-refractivity contribution < 1.29 is 9.21 Å². The van der Waals surface area contributed by atoms with Crippen molar-refractivity contribution in [3.63, 3.8) is 0 Å². The summed E-state index contributed by atoms with van der Waals surface area (Å²) in [4.78, 5) is 17.2. The topological polar surface area (TPSA) is 80.9 Å². The van der Waals surface area contributed by atoms with Gasteiger partial charge in [-0.3, -0.25) is 4.79 Å². The van der Waals surface area contributed by atoms with Crippen molar-refractivity contribution in [2.45, 2.75) is 25.5 Å². The summed E-state index contributed by atoms with van der Waals surface area (Å²) in [6, 6.07) is 7.04. The van der Waals surface area contributed by atoms with Crippen LogP contribution in [0.2, 0.25) is 5.02 Å². The van der Waals surface area contributed by atoms with Gasteiger partial charge in [-0.15, -0.1) is 21.5 Å². The van der Waals surface area contributed by atoms with E-state index in [1.807, 2.05) is 13.8 Å². The van der Waals surface area contributed by atoms with Crippen molar-refractivity contribution in [3.05, 3.63) is 40.0 Å². The van der Waals surface area contributed by atoms with Crippen LogP contribution in [0.5, 0.6) is 0 Å². The molecule has 0 aliphatic heterocycles. The Morgan fingerprint density at radius 2 is 2.20 bits per heavy atom. The minimum Gasteiger partial charge on any atom is -0.410 e. The highest BCUT2D eigenvalue weighted by atomic mass is 35.5. The molecule has 1 N–H and O–H groups in total. The van der Waals surface area contributed by atoms with Gasteiger partial charge in [0.05, 0.1) is 10.7 Å². The fraction of sp³-hybridized carbons (Fsp3) is 0.250. The molecule has 3 aromatic rings. The zero-order chi connectivity index (χ0) is 17.8. The number of carbonyl (C=O) groups is 1. The Kier molecular flexibility index (Phi) is 5.72. The van der Waals surface area contributed by atoms with Gasteiger partial charge in [0.1, 0.15) is 4.88 Å². The minimum absolute atomic E-state index is 0.0940. The van der Waals surface area contributed by atoms with Gasteiger partial charge >= 0.3 is 0 Å². The summed E-state index contributed by atoms with van der Waals surface area (Å²) >= 11 is 8.76. The number of anilines is 1. The van der Waals surface area contributed by atoms with E-state index in [-0.39, 0.29) is 5.91 Å². The van der Waals surface area contributed by atoms with Gasteiger partial charge < -0.3 is 9.73 Å². The first-order valence-electron chi connectivity index (χ1n) is 7.47. The minimum atomic E-state index is -0.0940.